The average molecular weight is 296 g/mol. The molecule has 1 atom stereocenters. The monoisotopic (exact) mass is 296 g/mol. The molecule has 0 aliphatic carbocycles. The molecule has 1 aromatic rings. The molecule has 0 radical (unpaired) electrons. The molecule has 1 heterocycles. The molecule has 1 unspecified atom stereocenters. The van der Waals surface area contributed by atoms with Gasteiger partial charge in [-0.3, -0.25) is 0 Å². The predicted octanol–water partition coefficient (Wildman–Crippen LogP) is 1.83. The number of nitrogens with zero attached hydrogens (tertiary/aromatic N) is 2. The van der Waals surface area contributed by atoms with Gasteiger partial charge in [-0.1, -0.05) is 25.1 Å². The number of nitriles is 1. The zero-order valence-electron chi connectivity index (χ0n) is 10.7. The minimum Gasteiger partial charge on any atom is -0.212 e. The summed E-state index contributed by atoms with van der Waals surface area (Å²) in [6.45, 7) is 3.16. The van der Waals surface area contributed by atoms with Gasteiger partial charge in [0.15, 0.2) is 0 Å². The molecular formula is C13H16N2O2S2. The summed E-state index contributed by atoms with van der Waals surface area (Å²) >= 11 is 1.79. The van der Waals surface area contributed by atoms with Crippen molar-refractivity contribution < 1.29 is 8.42 Å². The fraction of sp³-hybridized carbons (Fsp3) is 0.462. The van der Waals surface area contributed by atoms with Crippen LogP contribution in [0.3, 0.4) is 0 Å². The number of rotatable bonds is 3. The van der Waals surface area contributed by atoms with Gasteiger partial charge >= 0.3 is 0 Å². The standard InChI is InChI=1S/C13H16N2O2S2/c1-11-9-15(6-7-18-11)19(16,17)10-13-5-3-2-4-12(13)8-14/h2-5,11H,6-7,9-10H2,1H3. The van der Waals surface area contributed by atoms with E-state index in [2.05, 4.69) is 0 Å². The lowest BCUT2D eigenvalue weighted by molar-refractivity contribution is 0.423. The second-order valence-electron chi connectivity index (χ2n) is 4.56. The highest BCUT2D eigenvalue weighted by atomic mass is 32.2. The van der Waals surface area contributed by atoms with Crippen LogP contribution >= 0.6 is 11.8 Å². The Hall–Kier alpha value is -1.03. The first-order valence-electron chi connectivity index (χ1n) is 6.10. The molecule has 0 saturated carbocycles. The van der Waals surface area contributed by atoms with Crippen molar-refractivity contribution in [3.8, 4) is 6.07 Å². The molecule has 0 N–H and O–H groups in total. The van der Waals surface area contributed by atoms with E-state index in [1.54, 1.807) is 40.3 Å². The summed E-state index contributed by atoms with van der Waals surface area (Å²) in [7, 11) is -3.33. The van der Waals surface area contributed by atoms with Gasteiger partial charge in [0.05, 0.1) is 17.4 Å². The Morgan fingerprint density at radius 1 is 1.47 bits per heavy atom. The zero-order valence-corrected chi connectivity index (χ0v) is 12.4. The molecular weight excluding hydrogens is 280 g/mol. The van der Waals surface area contributed by atoms with E-state index < -0.39 is 10.0 Å². The van der Waals surface area contributed by atoms with Gasteiger partial charge in [-0.25, -0.2) is 8.42 Å². The van der Waals surface area contributed by atoms with E-state index in [4.69, 9.17) is 5.26 Å². The van der Waals surface area contributed by atoms with Crippen LogP contribution in [0.2, 0.25) is 0 Å². The molecule has 0 amide bonds. The molecule has 1 aliphatic rings. The number of thioether (sulfide) groups is 1. The maximum Gasteiger partial charge on any atom is 0.218 e. The maximum absolute atomic E-state index is 12.4. The van der Waals surface area contributed by atoms with Crippen LogP contribution in [0, 0.1) is 11.3 Å². The van der Waals surface area contributed by atoms with Gasteiger partial charge in [-0.05, 0) is 11.6 Å². The van der Waals surface area contributed by atoms with Gasteiger partial charge < -0.3 is 0 Å². The smallest absolute Gasteiger partial charge is 0.212 e. The number of hydrogen-bond donors (Lipinski definition) is 0. The first kappa shape index (κ1) is 14.4. The molecule has 6 heteroatoms. The van der Waals surface area contributed by atoms with Crippen molar-refractivity contribution in [1.29, 1.82) is 5.26 Å². The third-order valence-corrected chi connectivity index (χ3v) is 6.00. The van der Waals surface area contributed by atoms with Crippen LogP contribution < -0.4 is 0 Å². The molecule has 1 saturated heterocycles. The number of benzene rings is 1. The van der Waals surface area contributed by atoms with Crippen LogP contribution in [0.4, 0.5) is 0 Å². The van der Waals surface area contributed by atoms with E-state index in [0.29, 0.717) is 29.5 Å². The van der Waals surface area contributed by atoms with Crippen molar-refractivity contribution in [3.05, 3.63) is 35.4 Å². The minimum atomic E-state index is -3.33. The molecule has 0 spiro atoms. The van der Waals surface area contributed by atoms with Crippen LogP contribution in [0.25, 0.3) is 0 Å². The highest BCUT2D eigenvalue weighted by Gasteiger charge is 2.28. The van der Waals surface area contributed by atoms with E-state index in [9.17, 15) is 8.42 Å². The van der Waals surface area contributed by atoms with Crippen LogP contribution in [0.1, 0.15) is 18.1 Å². The lowest BCUT2D eigenvalue weighted by Gasteiger charge is -2.29. The van der Waals surface area contributed by atoms with Crippen molar-refractivity contribution in [2.24, 2.45) is 0 Å². The van der Waals surface area contributed by atoms with Crippen LogP contribution in [0.15, 0.2) is 24.3 Å². The van der Waals surface area contributed by atoms with E-state index in [-0.39, 0.29) is 5.75 Å². The van der Waals surface area contributed by atoms with E-state index in [1.807, 2.05) is 13.0 Å². The molecule has 0 bridgehead atoms. The SMILES string of the molecule is CC1CN(S(=O)(=O)Cc2ccccc2C#N)CCS1. The summed E-state index contributed by atoms with van der Waals surface area (Å²) in [6, 6.07) is 8.91. The van der Waals surface area contributed by atoms with E-state index >= 15 is 0 Å². The average Bonchev–Trinajstić information content (AvgIpc) is 2.39. The lowest BCUT2D eigenvalue weighted by atomic mass is 10.1. The third-order valence-electron chi connectivity index (χ3n) is 3.07. The maximum atomic E-state index is 12.4. The first-order valence-corrected chi connectivity index (χ1v) is 8.76. The molecule has 1 fully saturated rings. The quantitative estimate of drug-likeness (QED) is 0.853. The zero-order chi connectivity index (χ0) is 13.9. The minimum absolute atomic E-state index is 0.0892. The van der Waals surface area contributed by atoms with Crippen LogP contribution in [-0.2, 0) is 15.8 Å². The summed E-state index contributed by atoms with van der Waals surface area (Å²) in [5.41, 5.74) is 1.02. The Morgan fingerprint density at radius 3 is 2.89 bits per heavy atom. The Labute approximate surface area is 118 Å². The highest BCUT2D eigenvalue weighted by Crippen LogP contribution is 2.22. The normalized spacial score (nSPS) is 20.9. The van der Waals surface area contributed by atoms with Gasteiger partial charge in [-0.2, -0.15) is 21.3 Å². The topological polar surface area (TPSA) is 61.2 Å². The van der Waals surface area contributed by atoms with Crippen molar-refractivity contribution in [2.45, 2.75) is 17.9 Å². The van der Waals surface area contributed by atoms with Crippen molar-refractivity contribution >= 4 is 21.8 Å². The second-order valence-corrected chi connectivity index (χ2v) is 8.08. The summed E-state index contributed by atoms with van der Waals surface area (Å²) in [4.78, 5) is 0. The van der Waals surface area contributed by atoms with Gasteiger partial charge in [0.25, 0.3) is 0 Å². The summed E-state index contributed by atoms with van der Waals surface area (Å²) in [5, 5.41) is 9.33. The summed E-state index contributed by atoms with van der Waals surface area (Å²) in [6.07, 6.45) is 0. The van der Waals surface area contributed by atoms with Crippen LogP contribution in [-0.4, -0.2) is 36.8 Å². The highest BCUT2D eigenvalue weighted by molar-refractivity contribution is 8.00. The Balaban J connectivity index is 2.19. The molecule has 1 aromatic carbocycles. The van der Waals surface area contributed by atoms with Gasteiger partial charge in [0.1, 0.15) is 0 Å². The summed E-state index contributed by atoms with van der Waals surface area (Å²) < 4.78 is 26.3. The van der Waals surface area contributed by atoms with Crippen molar-refractivity contribution in [3.63, 3.8) is 0 Å². The molecule has 19 heavy (non-hydrogen) atoms. The molecule has 102 valence electrons. The van der Waals surface area contributed by atoms with E-state index in [1.165, 1.54) is 0 Å². The van der Waals surface area contributed by atoms with Gasteiger partial charge in [0.2, 0.25) is 10.0 Å². The third kappa shape index (κ3) is 3.50. The molecule has 0 aromatic heterocycles. The van der Waals surface area contributed by atoms with Gasteiger partial charge in [-0.15, -0.1) is 0 Å². The molecule has 4 nitrogen and oxygen atoms in total. The van der Waals surface area contributed by atoms with Crippen molar-refractivity contribution in [2.75, 3.05) is 18.8 Å². The fourth-order valence-electron chi connectivity index (χ4n) is 2.08. The molecule has 2 rings (SSSR count). The Kier molecular flexibility index (Phi) is 4.50. The van der Waals surface area contributed by atoms with Crippen molar-refractivity contribution in [1.82, 2.24) is 4.31 Å². The predicted molar refractivity (Wildman–Crippen MR) is 77.3 cm³/mol. The second kappa shape index (κ2) is 5.95. The number of sulfonamides is 1. The fourth-order valence-corrected chi connectivity index (χ4v) is 4.95. The van der Waals surface area contributed by atoms with Crippen LogP contribution in [0.5, 0.6) is 0 Å². The molecule has 1 aliphatic heterocycles. The Bertz CT molecular complexity index is 593. The number of hydrogen-bond acceptors (Lipinski definition) is 4. The largest absolute Gasteiger partial charge is 0.218 e. The lowest BCUT2D eigenvalue weighted by Crippen LogP contribution is -2.41. The first-order chi connectivity index (χ1) is 9.03. The van der Waals surface area contributed by atoms with E-state index in [0.717, 1.165) is 5.75 Å². The van der Waals surface area contributed by atoms with Gasteiger partial charge in [0, 0.05) is 24.1 Å². The summed E-state index contributed by atoms with van der Waals surface area (Å²) in [5.74, 6) is 0.744. The Morgan fingerprint density at radius 2 is 2.21 bits per heavy atom.